The predicted molar refractivity (Wildman–Crippen MR) is 79.1 cm³/mol. The van der Waals surface area contributed by atoms with Crippen LogP contribution in [-0.2, 0) is 6.54 Å². The summed E-state index contributed by atoms with van der Waals surface area (Å²) in [5.74, 6) is 0.533. The van der Waals surface area contributed by atoms with Crippen LogP contribution in [0.3, 0.4) is 0 Å². The van der Waals surface area contributed by atoms with Gasteiger partial charge in [0.25, 0.3) is 6.43 Å². The first kappa shape index (κ1) is 15.0. The minimum atomic E-state index is -2.73. The SMILES string of the molecule is O=C(O)c1cnn(Cc2cnc(N3CC4C[C@H]4C3)nc2C(F)F)c1. The number of nitrogens with zero attached hydrogens (tertiary/aromatic N) is 5. The number of anilines is 1. The highest BCUT2D eigenvalue weighted by molar-refractivity contribution is 5.86. The van der Waals surface area contributed by atoms with Crippen molar-refractivity contribution in [2.45, 2.75) is 19.4 Å². The number of rotatable bonds is 5. The molecule has 1 N–H and O–H groups in total. The fourth-order valence-corrected chi connectivity index (χ4v) is 3.17. The van der Waals surface area contributed by atoms with E-state index < -0.39 is 12.4 Å². The minimum Gasteiger partial charge on any atom is -0.478 e. The molecule has 2 aliphatic rings. The first-order chi connectivity index (χ1) is 11.5. The molecule has 1 aliphatic heterocycles. The fourth-order valence-electron chi connectivity index (χ4n) is 3.17. The number of halogens is 2. The van der Waals surface area contributed by atoms with Crippen LogP contribution in [-0.4, -0.2) is 43.9 Å². The number of aromatic nitrogens is 4. The van der Waals surface area contributed by atoms with Crippen LogP contribution in [0.4, 0.5) is 14.7 Å². The van der Waals surface area contributed by atoms with Crippen molar-refractivity contribution in [3.63, 3.8) is 0 Å². The molecule has 1 unspecified atom stereocenters. The Balaban J connectivity index is 1.58. The van der Waals surface area contributed by atoms with Crippen molar-refractivity contribution in [3.05, 3.63) is 35.4 Å². The molecule has 1 aliphatic carbocycles. The molecule has 126 valence electrons. The van der Waals surface area contributed by atoms with Gasteiger partial charge in [0.15, 0.2) is 0 Å². The Morgan fingerprint density at radius 2 is 2.08 bits per heavy atom. The van der Waals surface area contributed by atoms with Gasteiger partial charge in [0.2, 0.25) is 5.95 Å². The van der Waals surface area contributed by atoms with E-state index >= 15 is 0 Å². The van der Waals surface area contributed by atoms with Gasteiger partial charge in [-0.15, -0.1) is 0 Å². The minimum absolute atomic E-state index is 0.00150. The third kappa shape index (κ3) is 2.70. The standard InChI is InChI=1S/C15H15F2N5O2/c16-13(17)12-10(6-22-7-11(3-19-22)14(23)24)2-18-15(20-12)21-4-8-1-9(8)5-21/h2-3,7-9,13H,1,4-6H2,(H,23,24)/t8-,9?/m0/s1. The van der Waals surface area contributed by atoms with Crippen molar-refractivity contribution in [3.8, 4) is 0 Å². The van der Waals surface area contributed by atoms with Gasteiger partial charge in [-0.2, -0.15) is 5.10 Å². The molecule has 0 aromatic carbocycles. The molecule has 2 fully saturated rings. The number of aromatic carboxylic acids is 1. The van der Waals surface area contributed by atoms with Gasteiger partial charge in [-0.25, -0.2) is 23.5 Å². The Labute approximate surface area is 135 Å². The zero-order valence-corrected chi connectivity index (χ0v) is 12.6. The molecule has 0 bridgehead atoms. The number of carbonyl (C=O) groups is 1. The lowest BCUT2D eigenvalue weighted by Gasteiger charge is -2.19. The Bertz CT molecular complexity index is 784. The smallest absolute Gasteiger partial charge is 0.338 e. The highest BCUT2D eigenvalue weighted by Gasteiger charge is 2.46. The lowest BCUT2D eigenvalue weighted by atomic mass is 10.2. The first-order valence-corrected chi connectivity index (χ1v) is 7.66. The van der Waals surface area contributed by atoms with E-state index in [-0.39, 0.29) is 23.4 Å². The van der Waals surface area contributed by atoms with Gasteiger partial charge < -0.3 is 10.0 Å². The molecule has 24 heavy (non-hydrogen) atoms. The first-order valence-electron chi connectivity index (χ1n) is 7.66. The monoisotopic (exact) mass is 335 g/mol. The van der Waals surface area contributed by atoms with Crippen molar-refractivity contribution >= 4 is 11.9 Å². The quantitative estimate of drug-likeness (QED) is 0.897. The molecule has 9 heteroatoms. The van der Waals surface area contributed by atoms with Crippen LogP contribution in [0.5, 0.6) is 0 Å². The zero-order chi connectivity index (χ0) is 16.8. The van der Waals surface area contributed by atoms with Crippen molar-refractivity contribution < 1.29 is 18.7 Å². The number of hydrogen-bond donors (Lipinski definition) is 1. The van der Waals surface area contributed by atoms with Gasteiger partial charge in [-0.1, -0.05) is 0 Å². The van der Waals surface area contributed by atoms with Gasteiger partial charge >= 0.3 is 5.97 Å². The normalized spacial score (nSPS) is 22.0. The topological polar surface area (TPSA) is 84.1 Å². The van der Waals surface area contributed by atoms with E-state index in [2.05, 4.69) is 15.1 Å². The van der Waals surface area contributed by atoms with Crippen molar-refractivity contribution in [2.75, 3.05) is 18.0 Å². The van der Waals surface area contributed by atoms with E-state index in [1.165, 1.54) is 29.7 Å². The highest BCUT2D eigenvalue weighted by Crippen LogP contribution is 2.45. The second-order valence-electron chi connectivity index (χ2n) is 6.27. The van der Waals surface area contributed by atoms with E-state index in [0.717, 1.165) is 13.1 Å². The van der Waals surface area contributed by atoms with E-state index in [4.69, 9.17) is 5.11 Å². The summed E-state index contributed by atoms with van der Waals surface area (Å²) in [6, 6.07) is 0. The van der Waals surface area contributed by atoms with E-state index in [1.54, 1.807) is 0 Å². The van der Waals surface area contributed by atoms with Crippen molar-refractivity contribution in [1.82, 2.24) is 19.7 Å². The number of carboxylic acids is 1. The second-order valence-corrected chi connectivity index (χ2v) is 6.27. The summed E-state index contributed by atoms with van der Waals surface area (Å²) in [4.78, 5) is 21.1. The highest BCUT2D eigenvalue weighted by atomic mass is 19.3. The van der Waals surface area contributed by atoms with E-state index in [9.17, 15) is 13.6 Å². The van der Waals surface area contributed by atoms with Gasteiger partial charge in [-0.3, -0.25) is 4.68 Å². The van der Waals surface area contributed by atoms with Crippen LogP contribution in [0.15, 0.2) is 18.6 Å². The maximum Gasteiger partial charge on any atom is 0.338 e. The molecule has 4 rings (SSSR count). The molecule has 3 heterocycles. The third-order valence-electron chi connectivity index (χ3n) is 4.57. The summed E-state index contributed by atoms with van der Waals surface area (Å²) in [7, 11) is 0. The number of piperidine rings is 1. The molecule has 1 saturated carbocycles. The van der Waals surface area contributed by atoms with Gasteiger partial charge in [0.1, 0.15) is 5.69 Å². The molecule has 0 radical (unpaired) electrons. The van der Waals surface area contributed by atoms with E-state index in [1.807, 2.05) is 4.90 Å². The molecule has 2 aromatic heterocycles. The van der Waals surface area contributed by atoms with Gasteiger partial charge in [0.05, 0.1) is 18.3 Å². The average molecular weight is 335 g/mol. The van der Waals surface area contributed by atoms with Crippen LogP contribution < -0.4 is 4.90 Å². The Hall–Kier alpha value is -2.58. The van der Waals surface area contributed by atoms with Crippen LogP contribution in [0.1, 0.15) is 34.5 Å². The lowest BCUT2D eigenvalue weighted by molar-refractivity contribution is 0.0696. The fraction of sp³-hybridized carbons (Fsp3) is 0.467. The molecule has 2 aromatic rings. The number of alkyl halides is 2. The largest absolute Gasteiger partial charge is 0.478 e. The predicted octanol–water partition coefficient (Wildman–Crippen LogP) is 1.81. The maximum absolute atomic E-state index is 13.4. The summed E-state index contributed by atoms with van der Waals surface area (Å²) in [6.45, 7) is 1.65. The molecule has 0 spiro atoms. The Morgan fingerprint density at radius 1 is 1.33 bits per heavy atom. The lowest BCUT2D eigenvalue weighted by Crippen LogP contribution is -2.25. The summed E-state index contributed by atoms with van der Waals surface area (Å²) in [6.07, 6.45) is 2.33. The third-order valence-corrected chi connectivity index (χ3v) is 4.57. The molecular formula is C15H15F2N5O2. The number of carboxylic acid groups (broad SMARTS) is 1. The second kappa shape index (κ2) is 5.50. The van der Waals surface area contributed by atoms with Crippen molar-refractivity contribution in [2.24, 2.45) is 11.8 Å². The van der Waals surface area contributed by atoms with Crippen LogP contribution in [0, 0.1) is 11.8 Å². The average Bonchev–Trinajstić information content (AvgIpc) is 2.97. The summed E-state index contributed by atoms with van der Waals surface area (Å²) < 4.78 is 28.1. The summed E-state index contributed by atoms with van der Waals surface area (Å²) in [5.41, 5.74) is -0.0893. The van der Waals surface area contributed by atoms with Crippen LogP contribution >= 0.6 is 0 Å². The Kier molecular flexibility index (Phi) is 3.43. The summed E-state index contributed by atoms with van der Waals surface area (Å²) in [5, 5.41) is 12.8. The zero-order valence-electron chi connectivity index (χ0n) is 12.6. The molecule has 2 atom stereocenters. The summed E-state index contributed by atoms with van der Waals surface area (Å²) >= 11 is 0. The Morgan fingerprint density at radius 3 is 2.71 bits per heavy atom. The number of fused-ring (bicyclic) bond motifs is 1. The molecule has 0 amide bonds. The maximum atomic E-state index is 13.4. The molecule has 1 saturated heterocycles. The van der Waals surface area contributed by atoms with Crippen LogP contribution in [0.25, 0.3) is 0 Å². The van der Waals surface area contributed by atoms with Crippen LogP contribution in [0.2, 0.25) is 0 Å². The van der Waals surface area contributed by atoms with Crippen molar-refractivity contribution in [1.29, 1.82) is 0 Å². The molecule has 7 nitrogen and oxygen atoms in total. The number of hydrogen-bond acceptors (Lipinski definition) is 5. The van der Waals surface area contributed by atoms with Gasteiger partial charge in [-0.05, 0) is 18.3 Å². The van der Waals surface area contributed by atoms with Gasteiger partial charge in [0, 0.05) is 31.0 Å². The van der Waals surface area contributed by atoms with E-state index in [0.29, 0.717) is 17.8 Å². The molecular weight excluding hydrogens is 320 g/mol.